The molecule has 0 aromatic carbocycles. The molecule has 1 aliphatic rings. The number of carbonyl (C=O) groups excluding carboxylic acids is 1. The zero-order valence-electron chi connectivity index (χ0n) is 9.74. The molecule has 1 amide bonds. The first kappa shape index (κ1) is 12.0. The summed E-state index contributed by atoms with van der Waals surface area (Å²) in [6.45, 7) is 2.67. The van der Waals surface area contributed by atoms with Crippen LogP contribution in [0, 0.1) is 5.82 Å². The summed E-state index contributed by atoms with van der Waals surface area (Å²) < 4.78 is 12.7. The molecule has 2 unspecified atom stereocenters. The zero-order valence-corrected chi connectivity index (χ0v) is 9.74. The highest BCUT2D eigenvalue weighted by Gasteiger charge is 2.23. The fourth-order valence-electron chi connectivity index (χ4n) is 1.96. The molecule has 0 radical (unpaired) electrons. The molecule has 2 heterocycles. The van der Waals surface area contributed by atoms with E-state index in [-0.39, 0.29) is 23.8 Å². The molecule has 1 aliphatic heterocycles. The van der Waals surface area contributed by atoms with Crippen molar-refractivity contribution in [3.63, 3.8) is 0 Å². The van der Waals surface area contributed by atoms with Gasteiger partial charge in [-0.3, -0.25) is 15.1 Å². The van der Waals surface area contributed by atoms with Gasteiger partial charge in [-0.2, -0.15) is 0 Å². The predicted molar refractivity (Wildman–Crippen MR) is 61.8 cm³/mol. The Kier molecular flexibility index (Phi) is 3.68. The number of amides is 1. The lowest BCUT2D eigenvalue weighted by molar-refractivity contribution is -0.124. The van der Waals surface area contributed by atoms with Crippen LogP contribution in [0.3, 0.4) is 0 Å². The average molecular weight is 237 g/mol. The monoisotopic (exact) mass is 237 g/mol. The van der Waals surface area contributed by atoms with Crippen LogP contribution in [0.5, 0.6) is 0 Å². The molecule has 2 N–H and O–H groups in total. The number of nitrogens with zero attached hydrogens (tertiary/aromatic N) is 1. The van der Waals surface area contributed by atoms with Gasteiger partial charge in [-0.05, 0) is 31.9 Å². The Balaban J connectivity index is 1.98. The molecule has 1 aromatic heterocycles. The SMILES string of the molecule is CC(NC1CCCNC1=O)c1ccc(F)cn1. The van der Waals surface area contributed by atoms with Crippen molar-refractivity contribution in [2.45, 2.75) is 31.8 Å². The Morgan fingerprint density at radius 1 is 1.59 bits per heavy atom. The van der Waals surface area contributed by atoms with Crippen molar-refractivity contribution in [1.29, 1.82) is 0 Å². The van der Waals surface area contributed by atoms with Gasteiger partial charge in [-0.15, -0.1) is 0 Å². The molecule has 2 atom stereocenters. The summed E-state index contributed by atoms with van der Waals surface area (Å²) in [5.41, 5.74) is 0.741. The van der Waals surface area contributed by atoms with Crippen molar-refractivity contribution in [3.05, 3.63) is 29.8 Å². The number of halogens is 1. The van der Waals surface area contributed by atoms with E-state index >= 15 is 0 Å². The lowest BCUT2D eigenvalue weighted by atomic mass is 10.0. The summed E-state index contributed by atoms with van der Waals surface area (Å²) >= 11 is 0. The van der Waals surface area contributed by atoms with E-state index in [0.717, 1.165) is 25.1 Å². The molecule has 5 heteroatoms. The highest BCUT2D eigenvalue weighted by Crippen LogP contribution is 2.13. The number of hydrogen-bond acceptors (Lipinski definition) is 3. The first-order chi connectivity index (χ1) is 8.16. The van der Waals surface area contributed by atoms with Crippen LogP contribution in [0.1, 0.15) is 31.5 Å². The maximum Gasteiger partial charge on any atom is 0.237 e. The molecule has 0 aliphatic carbocycles. The maximum atomic E-state index is 12.7. The molecule has 4 nitrogen and oxygen atoms in total. The largest absolute Gasteiger partial charge is 0.355 e. The van der Waals surface area contributed by atoms with Crippen LogP contribution in [-0.4, -0.2) is 23.5 Å². The first-order valence-electron chi connectivity index (χ1n) is 5.82. The number of piperidine rings is 1. The van der Waals surface area contributed by atoms with Crippen LogP contribution < -0.4 is 10.6 Å². The quantitative estimate of drug-likeness (QED) is 0.829. The second-order valence-corrected chi connectivity index (χ2v) is 4.28. The summed E-state index contributed by atoms with van der Waals surface area (Å²) in [5.74, 6) is -0.318. The Morgan fingerprint density at radius 3 is 3.06 bits per heavy atom. The zero-order chi connectivity index (χ0) is 12.3. The molecule has 92 valence electrons. The number of pyridine rings is 1. The van der Waals surface area contributed by atoms with Crippen molar-refractivity contribution >= 4 is 5.91 Å². The van der Waals surface area contributed by atoms with Gasteiger partial charge >= 0.3 is 0 Å². The molecule has 1 aromatic rings. The van der Waals surface area contributed by atoms with Crippen molar-refractivity contribution in [2.75, 3.05) is 6.54 Å². The van der Waals surface area contributed by atoms with Gasteiger partial charge in [0.1, 0.15) is 5.82 Å². The highest BCUT2D eigenvalue weighted by molar-refractivity contribution is 5.82. The van der Waals surface area contributed by atoms with Gasteiger partial charge in [-0.25, -0.2) is 4.39 Å². The van der Waals surface area contributed by atoms with E-state index in [1.165, 1.54) is 12.3 Å². The van der Waals surface area contributed by atoms with E-state index in [9.17, 15) is 9.18 Å². The van der Waals surface area contributed by atoms with Crippen LogP contribution >= 0.6 is 0 Å². The van der Waals surface area contributed by atoms with Gasteiger partial charge in [0.05, 0.1) is 17.9 Å². The summed E-state index contributed by atoms with van der Waals surface area (Å²) in [6.07, 6.45) is 3.00. The lowest BCUT2D eigenvalue weighted by Crippen LogP contribution is -2.48. The molecule has 0 bridgehead atoms. The van der Waals surface area contributed by atoms with E-state index in [1.807, 2.05) is 6.92 Å². The topological polar surface area (TPSA) is 54.0 Å². The third-order valence-corrected chi connectivity index (χ3v) is 2.93. The van der Waals surface area contributed by atoms with Crippen LogP contribution in [0.25, 0.3) is 0 Å². The fraction of sp³-hybridized carbons (Fsp3) is 0.500. The number of carbonyl (C=O) groups is 1. The molecule has 0 spiro atoms. The third-order valence-electron chi connectivity index (χ3n) is 2.93. The van der Waals surface area contributed by atoms with Gasteiger partial charge < -0.3 is 5.32 Å². The molecule has 2 rings (SSSR count). The second kappa shape index (κ2) is 5.23. The van der Waals surface area contributed by atoms with E-state index < -0.39 is 0 Å². The Morgan fingerprint density at radius 2 is 2.41 bits per heavy atom. The van der Waals surface area contributed by atoms with E-state index in [0.29, 0.717) is 0 Å². The molecule has 1 fully saturated rings. The van der Waals surface area contributed by atoms with Crippen LogP contribution in [-0.2, 0) is 4.79 Å². The molecule has 17 heavy (non-hydrogen) atoms. The Bertz CT molecular complexity index is 393. The van der Waals surface area contributed by atoms with Crippen molar-refractivity contribution in [2.24, 2.45) is 0 Å². The standard InChI is InChI=1S/C12H16FN3O/c1-8(10-5-4-9(13)7-15-10)16-11-3-2-6-14-12(11)17/h4-5,7-8,11,16H,2-3,6H2,1H3,(H,14,17). The van der Waals surface area contributed by atoms with Crippen molar-refractivity contribution in [3.8, 4) is 0 Å². The van der Waals surface area contributed by atoms with Gasteiger partial charge in [0.2, 0.25) is 5.91 Å². The average Bonchev–Trinajstić information content (AvgIpc) is 2.33. The van der Waals surface area contributed by atoms with Crippen LogP contribution in [0.15, 0.2) is 18.3 Å². The normalized spacial score (nSPS) is 22.0. The van der Waals surface area contributed by atoms with E-state index in [1.54, 1.807) is 6.07 Å². The predicted octanol–water partition coefficient (Wildman–Crippen LogP) is 1.15. The van der Waals surface area contributed by atoms with E-state index in [4.69, 9.17) is 0 Å². The van der Waals surface area contributed by atoms with Crippen molar-refractivity contribution in [1.82, 2.24) is 15.6 Å². The van der Waals surface area contributed by atoms with Gasteiger partial charge in [-0.1, -0.05) is 0 Å². The van der Waals surface area contributed by atoms with Crippen LogP contribution in [0.2, 0.25) is 0 Å². The van der Waals surface area contributed by atoms with E-state index in [2.05, 4.69) is 15.6 Å². The minimum absolute atomic E-state index is 0.0326. The summed E-state index contributed by atoms with van der Waals surface area (Å²) in [5, 5.41) is 6.02. The maximum absolute atomic E-state index is 12.7. The van der Waals surface area contributed by atoms with Gasteiger partial charge in [0.25, 0.3) is 0 Å². The number of rotatable bonds is 3. The first-order valence-corrected chi connectivity index (χ1v) is 5.82. The minimum atomic E-state index is -0.351. The van der Waals surface area contributed by atoms with Crippen molar-refractivity contribution < 1.29 is 9.18 Å². The Hall–Kier alpha value is -1.49. The third kappa shape index (κ3) is 3.00. The smallest absolute Gasteiger partial charge is 0.237 e. The summed E-state index contributed by atoms with van der Waals surface area (Å²) in [6, 6.07) is 2.77. The summed E-state index contributed by atoms with van der Waals surface area (Å²) in [4.78, 5) is 15.6. The number of aromatic nitrogens is 1. The highest BCUT2D eigenvalue weighted by atomic mass is 19.1. The molecule has 0 saturated carbocycles. The Labute approximate surface area is 99.6 Å². The lowest BCUT2D eigenvalue weighted by Gasteiger charge is -2.25. The van der Waals surface area contributed by atoms with Gasteiger partial charge in [0.15, 0.2) is 0 Å². The van der Waals surface area contributed by atoms with Gasteiger partial charge in [0, 0.05) is 12.6 Å². The molecular formula is C12H16FN3O. The molecular weight excluding hydrogens is 221 g/mol. The number of hydrogen-bond donors (Lipinski definition) is 2. The fourth-order valence-corrected chi connectivity index (χ4v) is 1.96. The summed E-state index contributed by atoms with van der Waals surface area (Å²) in [7, 11) is 0. The molecule has 1 saturated heterocycles. The second-order valence-electron chi connectivity index (χ2n) is 4.28. The number of nitrogens with one attached hydrogen (secondary N) is 2. The minimum Gasteiger partial charge on any atom is -0.355 e. The van der Waals surface area contributed by atoms with Crippen LogP contribution in [0.4, 0.5) is 4.39 Å².